The zero-order valence-electron chi connectivity index (χ0n) is 13.1. The first-order valence-electron chi connectivity index (χ1n) is 6.82. The van der Waals surface area contributed by atoms with E-state index < -0.39 is 10.1 Å². The van der Waals surface area contributed by atoms with Crippen molar-refractivity contribution in [1.82, 2.24) is 0 Å². The molecule has 0 bridgehead atoms. The van der Waals surface area contributed by atoms with Gasteiger partial charge in [0.05, 0.1) is 24.8 Å². The van der Waals surface area contributed by atoms with Crippen molar-refractivity contribution >= 4 is 21.5 Å². The Kier molecular flexibility index (Phi) is 5.23. The summed E-state index contributed by atoms with van der Waals surface area (Å²) in [5, 5.41) is 4.30. The van der Waals surface area contributed by atoms with Crippen molar-refractivity contribution in [2.24, 2.45) is 5.10 Å². The largest absolute Gasteiger partial charge is 0.493 e. The van der Waals surface area contributed by atoms with Gasteiger partial charge in [-0.3, -0.25) is 5.43 Å². The number of ether oxygens (including phenoxy) is 1. The fraction of sp³-hybridized carbons (Fsp3) is 0.188. The number of nitrogens with zero attached hydrogens (tertiary/aromatic N) is 1. The Balaban J connectivity index is 2.18. The van der Waals surface area contributed by atoms with E-state index in [1.807, 2.05) is 37.3 Å². The molecule has 6 nitrogen and oxygen atoms in total. The summed E-state index contributed by atoms with van der Waals surface area (Å²) in [5.41, 5.74) is 5.39. The molecule has 0 heterocycles. The summed E-state index contributed by atoms with van der Waals surface area (Å²) in [6.45, 7) is 1.89. The predicted octanol–water partition coefficient (Wildman–Crippen LogP) is 2.87. The van der Waals surface area contributed by atoms with Crippen LogP contribution in [0, 0.1) is 0 Å². The van der Waals surface area contributed by atoms with Crippen LogP contribution in [0.5, 0.6) is 11.5 Å². The van der Waals surface area contributed by atoms with E-state index in [2.05, 4.69) is 10.5 Å². The van der Waals surface area contributed by atoms with Gasteiger partial charge in [-0.05, 0) is 24.6 Å². The molecule has 7 heteroatoms. The van der Waals surface area contributed by atoms with Crippen molar-refractivity contribution in [2.45, 2.75) is 6.92 Å². The quantitative estimate of drug-likeness (QED) is 0.499. The number of hydrazone groups is 1. The topological polar surface area (TPSA) is 77.0 Å². The normalized spacial score (nSPS) is 11.9. The first-order valence-corrected chi connectivity index (χ1v) is 8.64. The highest BCUT2D eigenvalue weighted by Crippen LogP contribution is 2.31. The Bertz CT molecular complexity index is 802. The second-order valence-electron chi connectivity index (χ2n) is 4.83. The van der Waals surface area contributed by atoms with Crippen molar-refractivity contribution in [1.29, 1.82) is 0 Å². The highest BCUT2D eigenvalue weighted by Gasteiger charge is 2.11. The number of nitrogens with one attached hydrogen (secondary N) is 1. The van der Waals surface area contributed by atoms with Gasteiger partial charge in [-0.2, -0.15) is 13.5 Å². The maximum absolute atomic E-state index is 11.2. The Morgan fingerprint density at radius 3 is 2.39 bits per heavy atom. The van der Waals surface area contributed by atoms with E-state index in [0.29, 0.717) is 11.4 Å². The summed E-state index contributed by atoms with van der Waals surface area (Å²) in [6, 6.07) is 14.5. The second-order valence-corrected chi connectivity index (χ2v) is 6.40. The first kappa shape index (κ1) is 16.8. The van der Waals surface area contributed by atoms with Crippen molar-refractivity contribution < 1.29 is 17.3 Å². The van der Waals surface area contributed by atoms with Crippen molar-refractivity contribution in [2.75, 3.05) is 18.8 Å². The molecule has 122 valence electrons. The predicted molar refractivity (Wildman–Crippen MR) is 90.7 cm³/mol. The standard InChI is InChI=1S/C16H18N2O4S/c1-12(13-7-5-4-6-8-13)17-18-14-9-10-15(16(11-14)21-2)22-23(3,19)20/h4-11,18H,1-3H3. The maximum Gasteiger partial charge on any atom is 0.306 e. The zero-order valence-corrected chi connectivity index (χ0v) is 13.9. The molecule has 2 aromatic carbocycles. The monoisotopic (exact) mass is 334 g/mol. The summed E-state index contributed by atoms with van der Waals surface area (Å²) in [6.07, 6.45) is 0.978. The third kappa shape index (κ3) is 5.00. The van der Waals surface area contributed by atoms with Crippen LogP contribution in [-0.2, 0) is 10.1 Å². The smallest absolute Gasteiger partial charge is 0.306 e. The van der Waals surface area contributed by atoms with Crippen LogP contribution in [0.2, 0.25) is 0 Å². The van der Waals surface area contributed by atoms with E-state index in [-0.39, 0.29) is 5.75 Å². The van der Waals surface area contributed by atoms with Crippen molar-refractivity contribution in [3.05, 3.63) is 54.1 Å². The van der Waals surface area contributed by atoms with Crippen LogP contribution in [-0.4, -0.2) is 27.5 Å². The molecule has 0 aliphatic carbocycles. The third-order valence-corrected chi connectivity index (χ3v) is 3.43. The average molecular weight is 334 g/mol. The van der Waals surface area contributed by atoms with Crippen molar-refractivity contribution in [3.8, 4) is 11.5 Å². The first-order chi connectivity index (χ1) is 10.9. The Labute approximate surface area is 135 Å². The second kappa shape index (κ2) is 7.15. The number of benzene rings is 2. The molecule has 23 heavy (non-hydrogen) atoms. The van der Waals surface area contributed by atoms with Crippen LogP contribution in [0.4, 0.5) is 5.69 Å². The van der Waals surface area contributed by atoms with Crippen LogP contribution in [0.25, 0.3) is 0 Å². The van der Waals surface area contributed by atoms with Gasteiger partial charge in [0.25, 0.3) is 0 Å². The van der Waals surface area contributed by atoms with Gasteiger partial charge in [-0.15, -0.1) is 0 Å². The van der Waals surface area contributed by atoms with E-state index in [0.717, 1.165) is 17.5 Å². The zero-order chi connectivity index (χ0) is 16.9. The van der Waals surface area contributed by atoms with Crippen LogP contribution >= 0.6 is 0 Å². The highest BCUT2D eigenvalue weighted by atomic mass is 32.2. The van der Waals surface area contributed by atoms with Gasteiger partial charge in [-0.1, -0.05) is 30.3 Å². The molecule has 0 fully saturated rings. The summed E-state index contributed by atoms with van der Waals surface area (Å²) in [4.78, 5) is 0. The molecule has 0 amide bonds. The molecule has 0 radical (unpaired) electrons. The molecule has 0 saturated carbocycles. The molecule has 0 atom stereocenters. The SMILES string of the molecule is COc1cc(NN=C(C)c2ccccc2)ccc1OS(C)(=O)=O. The highest BCUT2D eigenvalue weighted by molar-refractivity contribution is 7.86. The lowest BCUT2D eigenvalue weighted by Gasteiger charge is -2.10. The molecule has 0 aliphatic rings. The Hall–Kier alpha value is -2.54. The molecule has 0 aliphatic heterocycles. The van der Waals surface area contributed by atoms with E-state index in [9.17, 15) is 8.42 Å². The summed E-state index contributed by atoms with van der Waals surface area (Å²) >= 11 is 0. The molecule has 0 spiro atoms. The van der Waals surface area contributed by atoms with Gasteiger partial charge in [0.2, 0.25) is 0 Å². The van der Waals surface area contributed by atoms with Crippen LogP contribution in [0.15, 0.2) is 53.6 Å². The van der Waals surface area contributed by atoms with Gasteiger partial charge >= 0.3 is 10.1 Å². The third-order valence-electron chi connectivity index (χ3n) is 2.95. The number of anilines is 1. The Morgan fingerprint density at radius 2 is 1.78 bits per heavy atom. The average Bonchev–Trinajstić information content (AvgIpc) is 2.53. The summed E-state index contributed by atoms with van der Waals surface area (Å²) in [7, 11) is -2.18. The summed E-state index contributed by atoms with van der Waals surface area (Å²) in [5.74, 6) is 0.428. The lowest BCUT2D eigenvalue weighted by atomic mass is 10.1. The molecular formula is C16H18N2O4S. The van der Waals surface area contributed by atoms with E-state index in [4.69, 9.17) is 8.92 Å². The lowest BCUT2D eigenvalue weighted by Crippen LogP contribution is -2.07. The molecule has 2 aromatic rings. The Morgan fingerprint density at radius 1 is 1.09 bits per heavy atom. The minimum atomic E-state index is -3.61. The molecule has 2 rings (SSSR count). The van der Waals surface area contributed by atoms with Crippen LogP contribution in [0.1, 0.15) is 12.5 Å². The van der Waals surface area contributed by atoms with Gasteiger partial charge in [0, 0.05) is 6.07 Å². The van der Waals surface area contributed by atoms with Crippen LogP contribution in [0.3, 0.4) is 0 Å². The minimum Gasteiger partial charge on any atom is -0.493 e. The van der Waals surface area contributed by atoms with E-state index in [1.165, 1.54) is 13.2 Å². The van der Waals surface area contributed by atoms with Crippen molar-refractivity contribution in [3.63, 3.8) is 0 Å². The van der Waals surface area contributed by atoms with Crippen LogP contribution < -0.4 is 14.3 Å². The van der Waals surface area contributed by atoms with Gasteiger partial charge in [-0.25, -0.2) is 0 Å². The van der Waals surface area contributed by atoms with E-state index >= 15 is 0 Å². The number of hydrogen-bond acceptors (Lipinski definition) is 6. The van der Waals surface area contributed by atoms with Gasteiger partial charge < -0.3 is 8.92 Å². The molecule has 0 unspecified atom stereocenters. The molecular weight excluding hydrogens is 316 g/mol. The number of methoxy groups -OCH3 is 1. The molecule has 1 N–H and O–H groups in total. The van der Waals surface area contributed by atoms with Gasteiger partial charge in [0.15, 0.2) is 11.5 Å². The fourth-order valence-electron chi connectivity index (χ4n) is 1.86. The number of hydrogen-bond donors (Lipinski definition) is 1. The molecule has 0 saturated heterocycles. The summed E-state index contributed by atoms with van der Waals surface area (Å²) < 4.78 is 32.4. The number of rotatable bonds is 6. The molecule has 0 aromatic heterocycles. The maximum atomic E-state index is 11.2. The minimum absolute atomic E-state index is 0.129. The lowest BCUT2D eigenvalue weighted by molar-refractivity contribution is 0.391. The van der Waals surface area contributed by atoms with E-state index in [1.54, 1.807) is 12.1 Å². The van der Waals surface area contributed by atoms with Gasteiger partial charge in [0.1, 0.15) is 0 Å². The fourth-order valence-corrected chi connectivity index (χ4v) is 2.33.